The van der Waals surface area contributed by atoms with Gasteiger partial charge in [-0.25, -0.2) is 0 Å². The third-order valence-corrected chi connectivity index (χ3v) is 3.98. The van der Waals surface area contributed by atoms with Crippen molar-refractivity contribution in [3.05, 3.63) is 65.9 Å². The van der Waals surface area contributed by atoms with Crippen molar-refractivity contribution in [1.29, 1.82) is 0 Å². The number of rotatable bonds is 5. The molecular weight excluding hydrogens is 288 g/mol. The zero-order chi connectivity index (χ0) is 16.2. The molecule has 0 fully saturated rings. The fraction of sp³-hybridized carbons (Fsp3) is 0.211. The number of hydrogen-bond acceptors (Lipinski definition) is 3. The lowest BCUT2D eigenvalue weighted by atomic mass is 10.1. The molecule has 0 aliphatic rings. The summed E-state index contributed by atoms with van der Waals surface area (Å²) in [6.07, 6.45) is 0. The molecule has 23 heavy (non-hydrogen) atoms. The van der Waals surface area contributed by atoms with E-state index >= 15 is 0 Å². The van der Waals surface area contributed by atoms with Crippen molar-refractivity contribution in [2.24, 2.45) is 0 Å². The number of anilines is 1. The molecule has 2 aromatic carbocycles. The van der Waals surface area contributed by atoms with Crippen molar-refractivity contribution in [3.8, 4) is 0 Å². The Morgan fingerprint density at radius 3 is 2.52 bits per heavy atom. The van der Waals surface area contributed by atoms with Crippen molar-refractivity contribution < 1.29 is 9.21 Å². The van der Waals surface area contributed by atoms with Gasteiger partial charge in [-0.1, -0.05) is 36.4 Å². The Labute approximate surface area is 135 Å². The third kappa shape index (κ3) is 3.21. The quantitative estimate of drug-likeness (QED) is 0.783. The van der Waals surface area contributed by atoms with Crippen molar-refractivity contribution in [2.75, 3.05) is 25.0 Å². The van der Waals surface area contributed by atoms with Gasteiger partial charge < -0.3 is 14.6 Å². The minimum atomic E-state index is -0.167. The lowest BCUT2D eigenvalue weighted by molar-refractivity contribution is 0.0928. The smallest absolute Gasteiger partial charge is 0.287 e. The number of nitrogens with one attached hydrogen (secondary N) is 1. The van der Waals surface area contributed by atoms with Gasteiger partial charge in [0.2, 0.25) is 0 Å². The SMILES string of the molecule is Cc1c(C(=O)NCCN(C)c2ccccc2)oc2ccccc12. The number of aryl methyl sites for hydroxylation is 1. The van der Waals surface area contributed by atoms with E-state index < -0.39 is 0 Å². The topological polar surface area (TPSA) is 45.5 Å². The van der Waals surface area contributed by atoms with Crippen LogP contribution in [-0.2, 0) is 0 Å². The van der Waals surface area contributed by atoms with Gasteiger partial charge in [0.15, 0.2) is 5.76 Å². The van der Waals surface area contributed by atoms with Crippen LogP contribution in [0.15, 0.2) is 59.0 Å². The molecule has 0 unspecified atom stereocenters. The average Bonchev–Trinajstić information content (AvgIpc) is 2.93. The van der Waals surface area contributed by atoms with E-state index in [1.165, 1.54) is 0 Å². The predicted octanol–water partition coefficient (Wildman–Crippen LogP) is 3.61. The van der Waals surface area contributed by atoms with Crippen LogP contribution in [0.3, 0.4) is 0 Å². The largest absolute Gasteiger partial charge is 0.451 e. The first-order chi connectivity index (χ1) is 11.2. The van der Waals surface area contributed by atoms with Crippen molar-refractivity contribution in [2.45, 2.75) is 6.92 Å². The van der Waals surface area contributed by atoms with E-state index in [0.29, 0.717) is 12.3 Å². The number of carbonyl (C=O) groups is 1. The number of amides is 1. The second-order valence-electron chi connectivity index (χ2n) is 5.57. The average molecular weight is 308 g/mol. The second-order valence-corrected chi connectivity index (χ2v) is 5.57. The highest BCUT2D eigenvalue weighted by Crippen LogP contribution is 2.24. The van der Waals surface area contributed by atoms with E-state index in [-0.39, 0.29) is 5.91 Å². The number of carbonyl (C=O) groups excluding carboxylic acids is 1. The Bertz CT molecular complexity index is 809. The molecule has 0 saturated carbocycles. The van der Waals surface area contributed by atoms with Crippen LogP contribution in [0.1, 0.15) is 16.1 Å². The maximum Gasteiger partial charge on any atom is 0.287 e. The van der Waals surface area contributed by atoms with Crippen LogP contribution in [0.2, 0.25) is 0 Å². The van der Waals surface area contributed by atoms with Gasteiger partial charge in [0.1, 0.15) is 5.58 Å². The van der Waals surface area contributed by atoms with E-state index in [1.54, 1.807) is 0 Å². The minimum absolute atomic E-state index is 0.167. The summed E-state index contributed by atoms with van der Waals surface area (Å²) in [7, 11) is 2.01. The lowest BCUT2D eigenvalue weighted by Crippen LogP contribution is -2.33. The molecular formula is C19H20N2O2. The molecule has 3 rings (SSSR count). The molecule has 0 bridgehead atoms. The number of nitrogens with zero attached hydrogens (tertiary/aromatic N) is 1. The highest BCUT2D eigenvalue weighted by Gasteiger charge is 2.16. The molecule has 0 atom stereocenters. The zero-order valence-corrected chi connectivity index (χ0v) is 13.4. The highest BCUT2D eigenvalue weighted by atomic mass is 16.3. The number of para-hydroxylation sites is 2. The molecule has 0 saturated heterocycles. The Hall–Kier alpha value is -2.75. The van der Waals surface area contributed by atoms with E-state index in [2.05, 4.69) is 10.2 Å². The van der Waals surface area contributed by atoms with E-state index in [1.807, 2.05) is 68.6 Å². The van der Waals surface area contributed by atoms with Crippen LogP contribution >= 0.6 is 0 Å². The number of furan rings is 1. The summed E-state index contributed by atoms with van der Waals surface area (Å²) in [4.78, 5) is 14.4. The third-order valence-electron chi connectivity index (χ3n) is 3.98. The van der Waals surface area contributed by atoms with Crippen LogP contribution in [0.5, 0.6) is 0 Å². The monoisotopic (exact) mass is 308 g/mol. The Balaban J connectivity index is 1.62. The highest BCUT2D eigenvalue weighted by molar-refractivity contribution is 5.98. The summed E-state index contributed by atoms with van der Waals surface area (Å²) in [5, 5.41) is 3.91. The molecule has 1 aromatic heterocycles. The molecule has 1 heterocycles. The first-order valence-corrected chi connectivity index (χ1v) is 7.69. The van der Waals surface area contributed by atoms with Gasteiger partial charge in [-0.15, -0.1) is 0 Å². The second kappa shape index (κ2) is 6.57. The predicted molar refractivity (Wildman–Crippen MR) is 93.0 cm³/mol. The zero-order valence-electron chi connectivity index (χ0n) is 13.4. The summed E-state index contributed by atoms with van der Waals surface area (Å²) >= 11 is 0. The minimum Gasteiger partial charge on any atom is -0.451 e. The maximum atomic E-state index is 12.3. The van der Waals surface area contributed by atoms with Gasteiger partial charge in [0.25, 0.3) is 5.91 Å². The number of hydrogen-bond donors (Lipinski definition) is 1. The van der Waals surface area contributed by atoms with Gasteiger partial charge in [0.05, 0.1) is 0 Å². The lowest BCUT2D eigenvalue weighted by Gasteiger charge is -2.19. The van der Waals surface area contributed by atoms with Gasteiger partial charge >= 0.3 is 0 Å². The van der Waals surface area contributed by atoms with E-state index in [4.69, 9.17) is 4.42 Å². The molecule has 0 spiro atoms. The molecule has 1 amide bonds. The maximum absolute atomic E-state index is 12.3. The molecule has 0 aliphatic heterocycles. The van der Waals surface area contributed by atoms with Crippen LogP contribution < -0.4 is 10.2 Å². The van der Waals surface area contributed by atoms with Crippen LogP contribution in [-0.4, -0.2) is 26.0 Å². The molecule has 0 radical (unpaired) electrons. The Kier molecular flexibility index (Phi) is 4.33. The Morgan fingerprint density at radius 2 is 1.78 bits per heavy atom. The molecule has 118 valence electrons. The fourth-order valence-electron chi connectivity index (χ4n) is 2.62. The van der Waals surface area contributed by atoms with Crippen LogP contribution in [0.25, 0.3) is 11.0 Å². The van der Waals surface area contributed by atoms with Crippen molar-refractivity contribution in [3.63, 3.8) is 0 Å². The first-order valence-electron chi connectivity index (χ1n) is 7.69. The Morgan fingerprint density at radius 1 is 1.09 bits per heavy atom. The molecule has 0 aliphatic carbocycles. The molecule has 3 aromatic rings. The molecule has 4 heteroatoms. The summed E-state index contributed by atoms with van der Waals surface area (Å²) in [6.45, 7) is 3.20. The number of benzene rings is 2. The number of likely N-dealkylation sites (N-methyl/N-ethyl adjacent to an activating group) is 1. The van der Waals surface area contributed by atoms with Crippen molar-refractivity contribution >= 4 is 22.6 Å². The van der Waals surface area contributed by atoms with Crippen LogP contribution in [0, 0.1) is 6.92 Å². The summed E-state index contributed by atoms with van der Waals surface area (Å²) in [5.41, 5.74) is 2.76. The van der Waals surface area contributed by atoms with Gasteiger partial charge in [-0.05, 0) is 25.1 Å². The van der Waals surface area contributed by atoms with E-state index in [0.717, 1.165) is 28.8 Å². The standard InChI is InChI=1S/C19H20N2O2/c1-14-16-10-6-7-11-17(16)23-18(14)19(22)20-12-13-21(2)15-8-4-3-5-9-15/h3-11H,12-13H2,1-2H3,(H,20,22). The van der Waals surface area contributed by atoms with Gasteiger partial charge in [-0.2, -0.15) is 0 Å². The molecule has 4 nitrogen and oxygen atoms in total. The summed E-state index contributed by atoms with van der Waals surface area (Å²) in [5.74, 6) is 0.230. The summed E-state index contributed by atoms with van der Waals surface area (Å²) in [6, 6.07) is 17.8. The number of fused-ring (bicyclic) bond motifs is 1. The fourth-order valence-corrected chi connectivity index (χ4v) is 2.62. The van der Waals surface area contributed by atoms with Gasteiger partial charge in [-0.3, -0.25) is 4.79 Å². The van der Waals surface area contributed by atoms with Crippen LogP contribution in [0.4, 0.5) is 5.69 Å². The van der Waals surface area contributed by atoms with Gasteiger partial charge in [0, 0.05) is 36.8 Å². The summed E-state index contributed by atoms with van der Waals surface area (Å²) < 4.78 is 5.68. The van der Waals surface area contributed by atoms with Crippen molar-refractivity contribution in [1.82, 2.24) is 5.32 Å². The van der Waals surface area contributed by atoms with E-state index in [9.17, 15) is 4.79 Å². The molecule has 1 N–H and O–H groups in total. The normalized spacial score (nSPS) is 10.7. The first kappa shape index (κ1) is 15.2.